The van der Waals surface area contributed by atoms with Gasteiger partial charge in [-0.25, -0.2) is 4.98 Å². The summed E-state index contributed by atoms with van der Waals surface area (Å²) in [4.78, 5) is 35.5. The summed E-state index contributed by atoms with van der Waals surface area (Å²) in [6, 6.07) is 0. The van der Waals surface area contributed by atoms with Gasteiger partial charge in [0, 0.05) is 6.54 Å². The molecule has 1 fully saturated rings. The van der Waals surface area contributed by atoms with Gasteiger partial charge in [0.25, 0.3) is 5.56 Å². The molecule has 160 valence electrons. The number of hydrogen-bond acceptors (Lipinski definition) is 9. The lowest BCUT2D eigenvalue weighted by Gasteiger charge is -2.16. The number of aromatic amines is 1. The van der Waals surface area contributed by atoms with Crippen LogP contribution in [0.2, 0.25) is 0 Å². The highest BCUT2D eigenvalue weighted by atomic mass is 16.6. The zero-order valence-electron chi connectivity index (χ0n) is 16.2. The van der Waals surface area contributed by atoms with E-state index in [0.717, 1.165) is 25.7 Å². The second-order valence-electron chi connectivity index (χ2n) is 7.14. The molecule has 1 saturated heterocycles. The van der Waals surface area contributed by atoms with Crippen molar-refractivity contribution in [3.63, 3.8) is 0 Å². The van der Waals surface area contributed by atoms with Crippen LogP contribution in [-0.4, -0.2) is 66.3 Å². The quantitative estimate of drug-likeness (QED) is 0.343. The molecule has 2 aromatic heterocycles. The normalized spacial score (nSPS) is 24.3. The number of rotatable bonds is 9. The zero-order chi connectivity index (χ0) is 21.0. The van der Waals surface area contributed by atoms with Crippen molar-refractivity contribution in [1.82, 2.24) is 19.5 Å². The van der Waals surface area contributed by atoms with Crippen molar-refractivity contribution in [3.05, 3.63) is 27.0 Å². The number of imidazole rings is 1. The van der Waals surface area contributed by atoms with Crippen LogP contribution in [0.15, 0.2) is 15.9 Å². The molecular weight excluding hydrogens is 382 g/mol. The molecule has 0 bridgehead atoms. The molecule has 11 nitrogen and oxygen atoms in total. The molecule has 0 unspecified atom stereocenters. The Labute approximate surface area is 166 Å². The largest absolute Gasteiger partial charge is 0.394 e. The molecule has 5 N–H and O–H groups in total. The maximum absolute atomic E-state index is 12.7. The molecule has 0 aliphatic carbocycles. The number of unbranched alkanes of at least 4 members (excludes halogenated alkanes) is 4. The molecule has 4 atom stereocenters. The third-order valence-electron chi connectivity index (χ3n) is 5.02. The van der Waals surface area contributed by atoms with Crippen molar-refractivity contribution in [2.75, 3.05) is 18.5 Å². The standard InChI is InChI=1S/C18H27N5O6/c1-2-3-4-5-6-7-19-18-21-15(27)11-12(16(28)22-18)23(9-20-11)17-14(26)13(25)10(8-24)29-17/h9-10,13-14,17,24-26H,2-8H2,1H3,(H2,19,21,22,27,28)/t10-,13-,14-,17-/m1/s1. The van der Waals surface area contributed by atoms with Gasteiger partial charge in [0.1, 0.15) is 23.8 Å². The molecule has 1 aliphatic heterocycles. The molecule has 11 heteroatoms. The van der Waals surface area contributed by atoms with Gasteiger partial charge in [0.05, 0.1) is 12.9 Å². The monoisotopic (exact) mass is 409 g/mol. The molecule has 0 radical (unpaired) electrons. The van der Waals surface area contributed by atoms with Crippen LogP contribution in [-0.2, 0) is 4.74 Å². The minimum atomic E-state index is -1.40. The number of aliphatic hydroxyl groups is 3. The smallest absolute Gasteiger partial charge is 0.301 e. The Balaban J connectivity index is 1.86. The lowest BCUT2D eigenvalue weighted by atomic mass is 10.1. The number of anilines is 1. The third kappa shape index (κ3) is 4.47. The van der Waals surface area contributed by atoms with Crippen molar-refractivity contribution in [3.8, 4) is 0 Å². The number of hydrogen-bond donors (Lipinski definition) is 5. The van der Waals surface area contributed by atoms with E-state index in [0.29, 0.717) is 6.54 Å². The summed E-state index contributed by atoms with van der Waals surface area (Å²) in [5.74, 6) is 0.0428. The van der Waals surface area contributed by atoms with Gasteiger partial charge in [-0.15, -0.1) is 0 Å². The number of fused-ring (bicyclic) bond motifs is 1. The summed E-state index contributed by atoms with van der Waals surface area (Å²) in [6.07, 6.45) is 1.59. The average molecular weight is 409 g/mol. The van der Waals surface area contributed by atoms with Crippen LogP contribution in [0.25, 0.3) is 11.0 Å². The first-order chi connectivity index (χ1) is 14.0. The van der Waals surface area contributed by atoms with E-state index in [1.54, 1.807) is 0 Å². The Kier molecular flexibility index (Phi) is 6.96. The Morgan fingerprint density at radius 3 is 2.66 bits per heavy atom. The van der Waals surface area contributed by atoms with Crippen LogP contribution in [0.1, 0.15) is 45.3 Å². The number of H-pyrrole nitrogens is 1. The Morgan fingerprint density at radius 2 is 1.97 bits per heavy atom. The van der Waals surface area contributed by atoms with Crippen molar-refractivity contribution in [2.45, 2.75) is 63.6 Å². The van der Waals surface area contributed by atoms with Gasteiger partial charge in [-0.1, -0.05) is 32.6 Å². The maximum atomic E-state index is 12.7. The predicted octanol–water partition coefficient (Wildman–Crippen LogP) is -0.526. The van der Waals surface area contributed by atoms with Crippen molar-refractivity contribution >= 4 is 17.0 Å². The molecule has 0 amide bonds. The average Bonchev–Trinajstić information content (AvgIpc) is 3.23. The third-order valence-corrected chi connectivity index (χ3v) is 5.02. The fourth-order valence-electron chi connectivity index (χ4n) is 3.41. The lowest BCUT2D eigenvalue weighted by Crippen LogP contribution is -2.33. The van der Waals surface area contributed by atoms with Crippen molar-refractivity contribution in [1.29, 1.82) is 0 Å². The minimum Gasteiger partial charge on any atom is -0.394 e. The Hall–Kier alpha value is -2.34. The summed E-state index contributed by atoms with van der Waals surface area (Å²) in [7, 11) is 0. The van der Waals surface area contributed by atoms with Crippen molar-refractivity contribution in [2.24, 2.45) is 0 Å². The van der Waals surface area contributed by atoms with Gasteiger partial charge in [-0.05, 0) is 6.42 Å². The number of nitrogens with zero attached hydrogens (tertiary/aromatic N) is 3. The maximum Gasteiger partial charge on any atom is 0.301 e. The summed E-state index contributed by atoms with van der Waals surface area (Å²) in [6.45, 7) is 2.19. The highest BCUT2D eigenvalue weighted by Gasteiger charge is 2.44. The molecule has 0 saturated carbocycles. The summed E-state index contributed by atoms with van der Waals surface area (Å²) in [5.41, 5.74) is -1.66. The minimum absolute atomic E-state index is 0.0428. The Morgan fingerprint density at radius 1 is 1.21 bits per heavy atom. The van der Waals surface area contributed by atoms with Crippen LogP contribution >= 0.6 is 0 Å². The van der Waals surface area contributed by atoms with E-state index < -0.39 is 42.3 Å². The SMILES string of the molecule is CCCCCCCNc1nc(=O)c2ncn([C@@H]3O[C@H](CO)[C@@H](O)[C@H]3O)c2c(=O)[nH]1. The van der Waals surface area contributed by atoms with Crippen LogP contribution in [0.3, 0.4) is 0 Å². The highest BCUT2D eigenvalue weighted by Crippen LogP contribution is 2.30. The lowest BCUT2D eigenvalue weighted by molar-refractivity contribution is -0.0509. The van der Waals surface area contributed by atoms with Crippen molar-refractivity contribution < 1.29 is 20.1 Å². The van der Waals surface area contributed by atoms with E-state index >= 15 is 0 Å². The second kappa shape index (κ2) is 9.44. The predicted molar refractivity (Wildman–Crippen MR) is 105 cm³/mol. The van der Waals surface area contributed by atoms with E-state index in [2.05, 4.69) is 27.2 Å². The summed E-state index contributed by atoms with van der Waals surface area (Å²) < 4.78 is 6.61. The molecular formula is C18H27N5O6. The molecule has 0 spiro atoms. The van der Waals surface area contributed by atoms with Gasteiger partial charge in [-0.2, -0.15) is 4.98 Å². The van der Waals surface area contributed by atoms with Gasteiger partial charge in [0.2, 0.25) is 5.95 Å². The molecule has 0 aromatic carbocycles. The van der Waals surface area contributed by atoms with Gasteiger partial charge in [-0.3, -0.25) is 19.1 Å². The van der Waals surface area contributed by atoms with Gasteiger partial charge >= 0.3 is 5.56 Å². The van der Waals surface area contributed by atoms with E-state index in [1.165, 1.54) is 17.3 Å². The molecule has 3 rings (SSSR count). The van der Waals surface area contributed by atoms with E-state index in [-0.39, 0.29) is 17.0 Å². The summed E-state index contributed by atoms with van der Waals surface area (Å²) in [5, 5.41) is 32.4. The topological polar surface area (TPSA) is 163 Å². The van der Waals surface area contributed by atoms with Crippen LogP contribution < -0.4 is 16.4 Å². The first kappa shape index (κ1) is 21.4. The van der Waals surface area contributed by atoms with E-state index in [4.69, 9.17) is 4.74 Å². The zero-order valence-corrected chi connectivity index (χ0v) is 16.2. The number of aromatic nitrogens is 4. The van der Waals surface area contributed by atoms with Gasteiger partial charge < -0.3 is 25.4 Å². The molecule has 3 heterocycles. The fraction of sp³-hybridized carbons (Fsp3) is 0.667. The number of aliphatic hydroxyl groups excluding tert-OH is 3. The van der Waals surface area contributed by atoms with E-state index in [1.807, 2.05) is 0 Å². The molecule has 1 aliphatic rings. The molecule has 29 heavy (non-hydrogen) atoms. The summed E-state index contributed by atoms with van der Waals surface area (Å²) >= 11 is 0. The highest BCUT2D eigenvalue weighted by molar-refractivity contribution is 5.73. The number of nitrogens with one attached hydrogen (secondary N) is 2. The van der Waals surface area contributed by atoms with Crippen LogP contribution in [0, 0.1) is 0 Å². The fourth-order valence-corrected chi connectivity index (χ4v) is 3.41. The first-order valence-corrected chi connectivity index (χ1v) is 9.85. The number of ether oxygens (including phenoxy) is 1. The van der Waals surface area contributed by atoms with Gasteiger partial charge in [0.15, 0.2) is 11.7 Å². The van der Waals surface area contributed by atoms with Crippen LogP contribution in [0.5, 0.6) is 0 Å². The Bertz CT molecular complexity index is 944. The first-order valence-electron chi connectivity index (χ1n) is 9.85. The molecule has 2 aromatic rings. The van der Waals surface area contributed by atoms with E-state index in [9.17, 15) is 24.9 Å². The second-order valence-corrected chi connectivity index (χ2v) is 7.14. The van der Waals surface area contributed by atoms with Crippen LogP contribution in [0.4, 0.5) is 5.95 Å².